The lowest BCUT2D eigenvalue weighted by Gasteiger charge is -2.19. The van der Waals surface area contributed by atoms with Crippen LogP contribution in [-0.4, -0.2) is 38.1 Å². The number of amides is 1. The number of rotatable bonds is 6. The molecule has 0 aliphatic carbocycles. The largest absolute Gasteiger partial charge is 0.448 e. The standard InChI is InChI=1S/C11H16ClN3O6S2/c1-11(2,3)14-10(16)21-5-4-13-23(19,20)8-6-7(15(17)18)9(12)22-8/h6,13H,4-5H2,1-3H3,(H,14,16). The number of nitrogens with zero attached hydrogens (tertiary/aromatic N) is 1. The number of hydrogen-bond acceptors (Lipinski definition) is 7. The maximum atomic E-state index is 12.0. The van der Waals surface area contributed by atoms with Gasteiger partial charge in [0, 0.05) is 18.2 Å². The van der Waals surface area contributed by atoms with Crippen molar-refractivity contribution in [3.05, 3.63) is 20.5 Å². The third-order valence-electron chi connectivity index (χ3n) is 2.21. The molecule has 0 aliphatic rings. The summed E-state index contributed by atoms with van der Waals surface area (Å²) in [4.78, 5) is 21.3. The Kier molecular flexibility index (Phi) is 6.33. The Balaban J connectivity index is 2.55. The van der Waals surface area contributed by atoms with Gasteiger partial charge in [0.2, 0.25) is 10.0 Å². The summed E-state index contributed by atoms with van der Waals surface area (Å²) in [6.45, 7) is 4.94. The number of nitrogens with one attached hydrogen (secondary N) is 2. The number of halogens is 1. The maximum Gasteiger partial charge on any atom is 0.407 e. The van der Waals surface area contributed by atoms with E-state index in [2.05, 4.69) is 10.0 Å². The molecule has 0 atom stereocenters. The van der Waals surface area contributed by atoms with Gasteiger partial charge in [-0.05, 0) is 20.8 Å². The molecule has 0 saturated carbocycles. The fourth-order valence-electron chi connectivity index (χ4n) is 1.33. The summed E-state index contributed by atoms with van der Waals surface area (Å²) in [6, 6.07) is 0.877. The highest BCUT2D eigenvalue weighted by Crippen LogP contribution is 2.35. The van der Waals surface area contributed by atoms with Gasteiger partial charge < -0.3 is 10.1 Å². The third kappa shape index (κ3) is 6.29. The number of alkyl carbamates (subject to hydrolysis) is 1. The molecule has 0 saturated heterocycles. The zero-order valence-corrected chi connectivity index (χ0v) is 15.0. The normalized spacial score (nSPS) is 12.0. The van der Waals surface area contributed by atoms with Gasteiger partial charge in [-0.1, -0.05) is 11.6 Å². The van der Waals surface area contributed by atoms with Crippen LogP contribution in [0.1, 0.15) is 20.8 Å². The van der Waals surface area contributed by atoms with Gasteiger partial charge in [0.1, 0.15) is 10.8 Å². The van der Waals surface area contributed by atoms with E-state index in [0.717, 1.165) is 6.07 Å². The third-order valence-corrected chi connectivity index (χ3v) is 5.48. The highest BCUT2D eigenvalue weighted by molar-refractivity contribution is 7.91. The van der Waals surface area contributed by atoms with Crippen molar-refractivity contribution in [2.75, 3.05) is 13.2 Å². The predicted octanol–water partition coefficient (Wildman–Crippen LogP) is 2.11. The molecular formula is C11H16ClN3O6S2. The molecule has 1 heterocycles. The summed E-state index contributed by atoms with van der Waals surface area (Å²) >= 11 is 6.19. The number of hydrogen-bond donors (Lipinski definition) is 2. The molecule has 0 unspecified atom stereocenters. The van der Waals surface area contributed by atoms with Gasteiger partial charge in [0.05, 0.1) is 4.92 Å². The quantitative estimate of drug-likeness (QED) is 0.438. The van der Waals surface area contributed by atoms with Crippen molar-refractivity contribution in [1.82, 2.24) is 10.0 Å². The topological polar surface area (TPSA) is 128 Å². The van der Waals surface area contributed by atoms with E-state index in [1.54, 1.807) is 20.8 Å². The van der Waals surface area contributed by atoms with Crippen LogP contribution in [0.15, 0.2) is 10.3 Å². The van der Waals surface area contributed by atoms with E-state index in [9.17, 15) is 23.3 Å². The van der Waals surface area contributed by atoms with Crippen LogP contribution in [0.2, 0.25) is 4.34 Å². The molecule has 0 bridgehead atoms. The first-order valence-electron chi connectivity index (χ1n) is 6.31. The minimum absolute atomic E-state index is 0.177. The van der Waals surface area contributed by atoms with E-state index in [-0.39, 0.29) is 21.7 Å². The van der Waals surface area contributed by atoms with Crippen LogP contribution >= 0.6 is 22.9 Å². The van der Waals surface area contributed by atoms with Gasteiger partial charge in [-0.3, -0.25) is 10.1 Å². The number of thiophene rings is 1. The first-order valence-corrected chi connectivity index (χ1v) is 8.98. The summed E-state index contributed by atoms with van der Waals surface area (Å²) in [5.74, 6) is 0. The smallest absolute Gasteiger partial charge is 0.407 e. The van der Waals surface area contributed by atoms with Gasteiger partial charge >= 0.3 is 6.09 Å². The first kappa shape index (κ1) is 19.6. The maximum absolute atomic E-state index is 12.0. The Labute approximate surface area is 142 Å². The SMILES string of the molecule is CC(C)(C)NC(=O)OCCNS(=O)(=O)c1cc([N+](=O)[O-])c(Cl)s1. The summed E-state index contributed by atoms with van der Waals surface area (Å²) in [7, 11) is -3.96. The second-order valence-electron chi connectivity index (χ2n) is 5.39. The number of carbonyl (C=O) groups excluding carboxylic acids is 1. The van der Waals surface area contributed by atoms with Crippen LogP contribution < -0.4 is 10.0 Å². The van der Waals surface area contributed by atoms with Crippen LogP contribution in [0.3, 0.4) is 0 Å². The van der Waals surface area contributed by atoms with Crippen LogP contribution in [0.4, 0.5) is 10.5 Å². The molecule has 130 valence electrons. The van der Waals surface area contributed by atoms with Gasteiger partial charge in [-0.25, -0.2) is 17.9 Å². The van der Waals surface area contributed by atoms with E-state index in [1.165, 1.54) is 0 Å². The fourth-order valence-corrected chi connectivity index (χ4v) is 4.05. The monoisotopic (exact) mass is 385 g/mol. The molecule has 0 radical (unpaired) electrons. The number of nitro groups is 1. The summed E-state index contributed by atoms with van der Waals surface area (Å²) in [5, 5.41) is 13.2. The second-order valence-corrected chi connectivity index (χ2v) is 9.04. The highest BCUT2D eigenvalue weighted by Gasteiger charge is 2.25. The van der Waals surface area contributed by atoms with Gasteiger partial charge in [-0.2, -0.15) is 0 Å². The average molecular weight is 386 g/mol. The summed E-state index contributed by atoms with van der Waals surface area (Å²) < 4.78 is 30.4. The van der Waals surface area contributed by atoms with Crippen molar-refractivity contribution in [1.29, 1.82) is 0 Å². The first-order chi connectivity index (χ1) is 10.4. The number of carbonyl (C=O) groups is 1. The molecule has 1 aromatic heterocycles. The molecular weight excluding hydrogens is 370 g/mol. The number of sulfonamides is 1. The van der Waals surface area contributed by atoms with E-state index in [0.29, 0.717) is 11.3 Å². The zero-order valence-electron chi connectivity index (χ0n) is 12.6. The molecule has 1 aromatic rings. The van der Waals surface area contributed by atoms with Crippen molar-refractivity contribution in [3.63, 3.8) is 0 Å². The van der Waals surface area contributed by atoms with Crippen LogP contribution in [0.25, 0.3) is 0 Å². The lowest BCUT2D eigenvalue weighted by atomic mass is 10.1. The van der Waals surface area contributed by atoms with Crippen LogP contribution in [0.5, 0.6) is 0 Å². The fraction of sp³-hybridized carbons (Fsp3) is 0.545. The molecule has 2 N–H and O–H groups in total. The molecule has 9 nitrogen and oxygen atoms in total. The zero-order chi connectivity index (χ0) is 17.8. The van der Waals surface area contributed by atoms with Gasteiger partial charge in [-0.15, -0.1) is 11.3 Å². The molecule has 0 aliphatic heterocycles. The van der Waals surface area contributed by atoms with Gasteiger partial charge in [0.15, 0.2) is 4.34 Å². The average Bonchev–Trinajstić information content (AvgIpc) is 2.75. The molecule has 0 fully saturated rings. The van der Waals surface area contributed by atoms with Crippen molar-refractivity contribution >= 4 is 44.7 Å². The Hall–Kier alpha value is -1.43. The van der Waals surface area contributed by atoms with Crippen LogP contribution in [-0.2, 0) is 14.8 Å². The van der Waals surface area contributed by atoms with E-state index in [4.69, 9.17) is 16.3 Å². The van der Waals surface area contributed by atoms with Gasteiger partial charge in [0.25, 0.3) is 5.69 Å². The summed E-state index contributed by atoms with van der Waals surface area (Å²) in [6.07, 6.45) is -0.675. The lowest BCUT2D eigenvalue weighted by Crippen LogP contribution is -2.41. The van der Waals surface area contributed by atoms with E-state index >= 15 is 0 Å². The van der Waals surface area contributed by atoms with E-state index in [1.807, 2.05) is 0 Å². The molecule has 12 heteroatoms. The minimum Gasteiger partial charge on any atom is -0.448 e. The van der Waals surface area contributed by atoms with Crippen LogP contribution in [0, 0.1) is 10.1 Å². The lowest BCUT2D eigenvalue weighted by molar-refractivity contribution is -0.384. The highest BCUT2D eigenvalue weighted by atomic mass is 35.5. The van der Waals surface area contributed by atoms with E-state index < -0.39 is 32.3 Å². The molecule has 23 heavy (non-hydrogen) atoms. The van der Waals surface area contributed by atoms with Crippen molar-refractivity contribution < 1.29 is 22.9 Å². The van der Waals surface area contributed by atoms with Crippen molar-refractivity contribution in [2.24, 2.45) is 0 Å². The molecule has 1 rings (SSSR count). The Morgan fingerprint density at radius 3 is 2.57 bits per heavy atom. The minimum atomic E-state index is -3.96. The molecule has 0 spiro atoms. The second kappa shape index (κ2) is 7.43. The molecule has 1 amide bonds. The van der Waals surface area contributed by atoms with Crippen molar-refractivity contribution in [3.8, 4) is 0 Å². The summed E-state index contributed by atoms with van der Waals surface area (Å²) in [5.41, 5.74) is -0.943. The predicted molar refractivity (Wildman–Crippen MR) is 85.4 cm³/mol. The Bertz CT molecular complexity index is 695. The Morgan fingerprint density at radius 1 is 1.48 bits per heavy atom. The molecule has 0 aromatic carbocycles. The number of ether oxygens (including phenoxy) is 1. The van der Waals surface area contributed by atoms with Crippen molar-refractivity contribution in [2.45, 2.75) is 30.5 Å². The Morgan fingerprint density at radius 2 is 2.09 bits per heavy atom.